The smallest absolute Gasteiger partial charge is 0.162 e. The summed E-state index contributed by atoms with van der Waals surface area (Å²) in [5.74, 6) is 0.864. The van der Waals surface area contributed by atoms with E-state index in [1.165, 1.54) is 19.3 Å². The Morgan fingerprint density at radius 2 is 1.77 bits per heavy atom. The number of nitrogens with two attached hydrogens (primary N) is 1. The van der Waals surface area contributed by atoms with Crippen LogP contribution in [0.5, 0.6) is 5.75 Å². The minimum atomic E-state index is -1.53. The number of nitrogens with zero attached hydrogens (tertiary/aromatic N) is 4. The average Bonchev–Trinajstić information content (AvgIpc) is 3.28. The third kappa shape index (κ3) is 5.45. The van der Waals surface area contributed by atoms with E-state index in [1.54, 1.807) is 16.8 Å². The van der Waals surface area contributed by atoms with E-state index in [-0.39, 0.29) is 5.60 Å². The van der Waals surface area contributed by atoms with Crippen LogP contribution in [0.1, 0.15) is 33.1 Å². The molecule has 0 spiro atoms. The van der Waals surface area contributed by atoms with Gasteiger partial charge in [-0.05, 0) is 75.2 Å². The molecule has 35 heavy (non-hydrogen) atoms. The van der Waals surface area contributed by atoms with Gasteiger partial charge in [-0.3, -0.25) is 4.90 Å². The maximum absolute atomic E-state index is 11.7. The molecule has 0 radical (unpaired) electrons. The molecular weight excluding hydrogens is 458 g/mol. The highest BCUT2D eigenvalue weighted by atomic mass is 32.2. The van der Waals surface area contributed by atoms with Crippen LogP contribution in [0.2, 0.25) is 0 Å². The van der Waals surface area contributed by atoms with Crippen molar-refractivity contribution in [2.45, 2.75) is 43.6 Å². The lowest BCUT2D eigenvalue weighted by Gasteiger charge is -2.35. The first-order valence-corrected chi connectivity index (χ1v) is 13.2. The van der Waals surface area contributed by atoms with Crippen molar-refractivity contribution in [1.29, 1.82) is 0 Å². The molecule has 1 aliphatic heterocycles. The molecule has 3 heterocycles. The summed E-state index contributed by atoms with van der Waals surface area (Å²) in [7, 11) is -1.53. The van der Waals surface area contributed by atoms with Crippen LogP contribution < -0.4 is 9.88 Å². The molecule has 7 nitrogen and oxygen atoms in total. The van der Waals surface area contributed by atoms with Crippen LogP contribution >= 0.6 is 0 Å². The van der Waals surface area contributed by atoms with Gasteiger partial charge in [-0.15, -0.1) is 0 Å². The maximum Gasteiger partial charge on any atom is 0.162 e. The summed E-state index contributed by atoms with van der Waals surface area (Å²) in [6, 6.07) is 15.5. The number of benzene rings is 2. The highest BCUT2D eigenvalue weighted by Gasteiger charge is 2.24. The lowest BCUT2D eigenvalue weighted by molar-refractivity contribution is 0.0520. The van der Waals surface area contributed by atoms with Crippen molar-refractivity contribution in [3.8, 4) is 28.0 Å². The van der Waals surface area contributed by atoms with Crippen LogP contribution in [0.15, 0.2) is 72.0 Å². The van der Waals surface area contributed by atoms with Crippen LogP contribution in [0.25, 0.3) is 27.9 Å². The summed E-state index contributed by atoms with van der Waals surface area (Å²) in [6.07, 6.45) is 9.48. The van der Waals surface area contributed by atoms with Crippen molar-refractivity contribution in [3.05, 3.63) is 67.1 Å². The summed E-state index contributed by atoms with van der Waals surface area (Å²) in [4.78, 5) is 7.74. The van der Waals surface area contributed by atoms with E-state index in [1.807, 2.05) is 42.7 Å². The van der Waals surface area contributed by atoms with Gasteiger partial charge in [0.05, 0.1) is 11.1 Å². The molecule has 1 aliphatic rings. The molecule has 182 valence electrons. The Labute approximate surface area is 208 Å². The molecule has 1 fully saturated rings. The molecule has 1 atom stereocenters. The molecule has 1 saturated heterocycles. The van der Waals surface area contributed by atoms with Crippen molar-refractivity contribution in [2.75, 3.05) is 19.6 Å². The van der Waals surface area contributed by atoms with Gasteiger partial charge in [-0.25, -0.2) is 18.8 Å². The Morgan fingerprint density at radius 1 is 1.00 bits per heavy atom. The third-order valence-electron chi connectivity index (χ3n) is 6.37. The molecular formula is C27H31N5O2S. The first-order valence-electron chi connectivity index (χ1n) is 12.0. The number of hydrogen-bond acceptors (Lipinski definition) is 5. The molecule has 5 rings (SSSR count). The molecule has 2 N–H and O–H groups in total. The average molecular weight is 490 g/mol. The minimum absolute atomic E-state index is 0.251. The first kappa shape index (κ1) is 23.7. The lowest BCUT2D eigenvalue weighted by atomic mass is 10.1. The number of fused-ring (bicyclic) bond motifs is 1. The topological polar surface area (TPSA) is 85.7 Å². The van der Waals surface area contributed by atoms with E-state index >= 15 is 0 Å². The van der Waals surface area contributed by atoms with Gasteiger partial charge in [0.2, 0.25) is 0 Å². The summed E-state index contributed by atoms with van der Waals surface area (Å²) < 4.78 is 19.8. The molecule has 4 aromatic rings. The Balaban J connectivity index is 1.32. The SMILES string of the molecule is CC(C)(CN1CCCCC1)Oc1ccc(-c2cnc3c(-c4cccc(S(N)=O)c4)cnn3c2)cc1. The number of ether oxygens (including phenoxy) is 1. The molecule has 0 saturated carbocycles. The summed E-state index contributed by atoms with van der Waals surface area (Å²) in [5, 5.41) is 10.0. The van der Waals surface area contributed by atoms with E-state index in [9.17, 15) is 4.21 Å². The molecule has 1 unspecified atom stereocenters. The molecule has 0 amide bonds. The van der Waals surface area contributed by atoms with Crippen LogP contribution in [0.4, 0.5) is 0 Å². The second-order valence-corrected chi connectivity index (χ2v) is 10.8. The second kappa shape index (κ2) is 9.89. The van der Waals surface area contributed by atoms with Crippen molar-refractivity contribution in [3.63, 3.8) is 0 Å². The van der Waals surface area contributed by atoms with Crippen molar-refractivity contribution < 1.29 is 8.95 Å². The zero-order chi connectivity index (χ0) is 24.4. The van der Waals surface area contributed by atoms with Gasteiger partial charge in [-0.2, -0.15) is 5.10 Å². The predicted octanol–water partition coefficient (Wildman–Crippen LogP) is 4.69. The number of aromatic nitrogens is 3. The number of hydrogen-bond donors (Lipinski definition) is 1. The van der Waals surface area contributed by atoms with Gasteiger partial charge >= 0.3 is 0 Å². The number of likely N-dealkylation sites (tertiary alicyclic amines) is 1. The van der Waals surface area contributed by atoms with Crippen molar-refractivity contribution >= 4 is 16.6 Å². The van der Waals surface area contributed by atoms with Crippen molar-refractivity contribution in [2.24, 2.45) is 5.14 Å². The fourth-order valence-corrected chi connectivity index (χ4v) is 5.19. The van der Waals surface area contributed by atoms with E-state index in [0.717, 1.165) is 53.3 Å². The van der Waals surface area contributed by atoms with E-state index in [0.29, 0.717) is 4.90 Å². The standard InChI is InChI=1S/C27H31N5O2S/c1-27(2,19-31-13-4-3-5-14-31)34-23-11-9-20(10-12-23)22-16-29-26-25(17-30-32(26)18-22)21-7-6-8-24(15-21)35(28)33/h6-12,15-18H,3-5,13-14,19,28H2,1-2H3. The molecule has 0 aliphatic carbocycles. The second-order valence-electron chi connectivity index (χ2n) is 9.72. The minimum Gasteiger partial charge on any atom is -0.487 e. The Morgan fingerprint density at radius 3 is 2.51 bits per heavy atom. The molecule has 2 aromatic heterocycles. The summed E-state index contributed by atoms with van der Waals surface area (Å²) >= 11 is 0. The van der Waals surface area contributed by atoms with Gasteiger partial charge in [0.15, 0.2) is 5.65 Å². The number of piperidine rings is 1. The number of rotatable bonds is 7. The van der Waals surface area contributed by atoms with Crippen molar-refractivity contribution in [1.82, 2.24) is 19.5 Å². The quantitative estimate of drug-likeness (QED) is 0.407. The van der Waals surface area contributed by atoms with Gasteiger partial charge in [-0.1, -0.05) is 30.7 Å². The fraction of sp³-hybridized carbons (Fsp3) is 0.333. The highest BCUT2D eigenvalue weighted by Crippen LogP contribution is 2.28. The highest BCUT2D eigenvalue weighted by molar-refractivity contribution is 7.82. The molecule has 8 heteroatoms. The normalized spacial score (nSPS) is 15.9. The monoisotopic (exact) mass is 489 g/mol. The maximum atomic E-state index is 11.7. The molecule has 2 aromatic carbocycles. The summed E-state index contributed by atoms with van der Waals surface area (Å²) in [6.45, 7) is 7.57. The van der Waals surface area contributed by atoms with E-state index < -0.39 is 11.0 Å². The van der Waals surface area contributed by atoms with Gasteiger partial charge in [0, 0.05) is 30.1 Å². The van der Waals surface area contributed by atoms with E-state index in [2.05, 4.69) is 41.0 Å². The van der Waals surface area contributed by atoms with Crippen LogP contribution in [-0.2, 0) is 11.0 Å². The molecule has 0 bridgehead atoms. The van der Waals surface area contributed by atoms with E-state index in [4.69, 9.17) is 9.88 Å². The fourth-order valence-electron chi connectivity index (χ4n) is 4.74. The predicted molar refractivity (Wildman–Crippen MR) is 139 cm³/mol. The van der Waals surface area contributed by atoms with Crippen LogP contribution in [-0.4, -0.2) is 48.9 Å². The Bertz CT molecular complexity index is 1340. The zero-order valence-electron chi connectivity index (χ0n) is 20.2. The van der Waals surface area contributed by atoms with Gasteiger partial charge < -0.3 is 4.74 Å². The third-order valence-corrected chi connectivity index (χ3v) is 7.09. The Hall–Kier alpha value is -3.07. The lowest BCUT2D eigenvalue weighted by Crippen LogP contribution is -2.44. The van der Waals surface area contributed by atoms with Gasteiger partial charge in [0.25, 0.3) is 0 Å². The van der Waals surface area contributed by atoms with Gasteiger partial charge in [0.1, 0.15) is 22.3 Å². The largest absolute Gasteiger partial charge is 0.487 e. The summed E-state index contributed by atoms with van der Waals surface area (Å²) in [5.41, 5.74) is 4.22. The first-order chi connectivity index (χ1) is 16.9. The van der Waals surface area contributed by atoms with Crippen LogP contribution in [0, 0.1) is 0 Å². The van der Waals surface area contributed by atoms with Crippen LogP contribution in [0.3, 0.4) is 0 Å². The zero-order valence-corrected chi connectivity index (χ0v) is 21.0. The Kier molecular flexibility index (Phi) is 6.69.